The van der Waals surface area contributed by atoms with Gasteiger partial charge in [0.25, 0.3) is 0 Å². The van der Waals surface area contributed by atoms with Gasteiger partial charge in [0.05, 0.1) is 22.3 Å². The fourth-order valence-electron chi connectivity index (χ4n) is 2.77. The highest BCUT2D eigenvalue weighted by atomic mass is 32.1. The van der Waals surface area contributed by atoms with Crippen LogP contribution < -0.4 is 16.2 Å². The highest BCUT2D eigenvalue weighted by Gasteiger charge is 2.36. The number of carbonyl (C=O) groups excluding carboxylic acids is 1. The molecule has 3 aromatic rings. The lowest BCUT2D eigenvalue weighted by Crippen LogP contribution is -2.16. The number of amides is 1. The van der Waals surface area contributed by atoms with Gasteiger partial charge in [-0.15, -0.1) is 0 Å². The monoisotopic (exact) mass is 395 g/mol. The van der Waals surface area contributed by atoms with Gasteiger partial charge in [-0.3, -0.25) is 0 Å². The minimum atomic E-state index is -4.66. The van der Waals surface area contributed by atoms with Gasteiger partial charge >= 0.3 is 12.3 Å². The second-order valence-corrected chi connectivity index (χ2v) is 6.87. The highest BCUT2D eigenvalue weighted by molar-refractivity contribution is 7.21. The molecule has 0 aliphatic carbocycles. The van der Waals surface area contributed by atoms with Crippen molar-refractivity contribution in [1.29, 1.82) is 0 Å². The fourth-order valence-corrected chi connectivity index (χ4v) is 3.75. The van der Waals surface area contributed by atoms with Gasteiger partial charge in [-0.1, -0.05) is 48.9 Å². The standard InChI is InChI=1S/C18H16F3N3O2S/c1-2-3-9-4-6-10(7-5-9)12-8-11(18(19,20)21)13-14(22)16(26-17(23)25)27-15(13)24-12/h4-8H,2-3,22H2,1H3,(H2,23,25). The van der Waals surface area contributed by atoms with Crippen LogP contribution in [0.15, 0.2) is 30.3 Å². The van der Waals surface area contributed by atoms with Crippen molar-refractivity contribution in [2.75, 3.05) is 5.73 Å². The third-order valence-electron chi connectivity index (χ3n) is 3.95. The molecule has 0 fully saturated rings. The molecule has 0 aliphatic heterocycles. The van der Waals surface area contributed by atoms with Gasteiger partial charge in [-0.05, 0) is 18.1 Å². The lowest BCUT2D eigenvalue weighted by Gasteiger charge is -2.11. The van der Waals surface area contributed by atoms with Crippen LogP contribution in [0.4, 0.5) is 23.7 Å². The highest BCUT2D eigenvalue weighted by Crippen LogP contribution is 2.46. The first-order valence-corrected chi connectivity index (χ1v) is 8.89. The predicted octanol–water partition coefficient (Wildman–Crippen LogP) is 4.97. The van der Waals surface area contributed by atoms with Gasteiger partial charge in [0, 0.05) is 5.56 Å². The Hall–Kier alpha value is -2.81. The first-order valence-electron chi connectivity index (χ1n) is 8.07. The van der Waals surface area contributed by atoms with Crippen LogP contribution in [-0.2, 0) is 12.6 Å². The summed E-state index contributed by atoms with van der Waals surface area (Å²) < 4.78 is 45.6. The Morgan fingerprint density at radius 2 is 1.93 bits per heavy atom. The number of thiophene rings is 1. The molecule has 1 amide bonds. The molecule has 0 saturated carbocycles. The molecule has 0 radical (unpaired) electrons. The van der Waals surface area contributed by atoms with E-state index in [9.17, 15) is 18.0 Å². The summed E-state index contributed by atoms with van der Waals surface area (Å²) in [6.07, 6.45) is -3.96. The number of pyridine rings is 1. The number of nitrogens with zero attached hydrogens (tertiary/aromatic N) is 1. The number of nitrogens with two attached hydrogens (primary N) is 2. The van der Waals surface area contributed by atoms with Crippen LogP contribution in [-0.4, -0.2) is 11.1 Å². The van der Waals surface area contributed by atoms with Gasteiger partial charge < -0.3 is 16.2 Å². The van der Waals surface area contributed by atoms with Crippen LogP contribution >= 0.6 is 11.3 Å². The van der Waals surface area contributed by atoms with Crippen molar-refractivity contribution >= 4 is 33.3 Å². The van der Waals surface area contributed by atoms with E-state index in [2.05, 4.69) is 4.98 Å². The van der Waals surface area contributed by atoms with E-state index < -0.39 is 17.8 Å². The molecular formula is C18H16F3N3O2S. The zero-order valence-corrected chi connectivity index (χ0v) is 15.1. The van der Waals surface area contributed by atoms with Crippen LogP contribution in [0.1, 0.15) is 24.5 Å². The number of halogens is 3. The molecule has 9 heteroatoms. The van der Waals surface area contributed by atoms with E-state index in [0.29, 0.717) is 5.56 Å². The van der Waals surface area contributed by atoms with E-state index in [0.717, 1.165) is 35.8 Å². The Morgan fingerprint density at radius 3 is 2.48 bits per heavy atom. The van der Waals surface area contributed by atoms with Gasteiger partial charge in [0.15, 0.2) is 0 Å². The third-order valence-corrected chi connectivity index (χ3v) is 4.93. The number of nitrogen functional groups attached to an aromatic ring is 1. The largest absolute Gasteiger partial charge is 0.417 e. The lowest BCUT2D eigenvalue weighted by molar-refractivity contribution is -0.136. The molecule has 1 aromatic carbocycles. The third kappa shape index (κ3) is 3.82. The van der Waals surface area contributed by atoms with E-state index in [1.807, 2.05) is 19.1 Å². The van der Waals surface area contributed by atoms with E-state index in [-0.39, 0.29) is 26.7 Å². The number of anilines is 1. The summed E-state index contributed by atoms with van der Waals surface area (Å²) in [6, 6.07) is 8.15. The number of carbonyl (C=O) groups is 1. The number of benzene rings is 1. The Morgan fingerprint density at radius 1 is 1.26 bits per heavy atom. The van der Waals surface area contributed by atoms with Gasteiger partial charge in [0.2, 0.25) is 5.06 Å². The number of alkyl halides is 3. The molecule has 3 rings (SSSR count). The number of ether oxygens (including phenoxy) is 1. The van der Waals surface area contributed by atoms with Gasteiger partial charge in [-0.2, -0.15) is 13.2 Å². The summed E-state index contributed by atoms with van der Waals surface area (Å²) in [4.78, 5) is 15.3. The minimum absolute atomic E-state index is 0.0196. The van der Waals surface area contributed by atoms with Crippen LogP contribution in [0.25, 0.3) is 21.5 Å². The minimum Gasteiger partial charge on any atom is -0.397 e. The maximum atomic E-state index is 13.6. The van der Waals surface area contributed by atoms with Crippen molar-refractivity contribution in [3.8, 4) is 16.3 Å². The molecule has 0 unspecified atom stereocenters. The number of rotatable bonds is 4. The number of aryl methyl sites for hydroxylation is 1. The van der Waals surface area contributed by atoms with Crippen molar-refractivity contribution in [2.24, 2.45) is 5.73 Å². The molecular weight excluding hydrogens is 379 g/mol. The number of fused-ring (bicyclic) bond motifs is 1. The van der Waals surface area contributed by atoms with Crippen molar-refractivity contribution in [1.82, 2.24) is 4.98 Å². The number of aromatic nitrogens is 1. The SMILES string of the molecule is CCCc1ccc(-c2cc(C(F)(F)F)c3c(N)c(OC(N)=O)sc3n2)cc1. The summed E-state index contributed by atoms with van der Waals surface area (Å²) in [5, 5.41) is -0.499. The average Bonchev–Trinajstić information content (AvgIpc) is 2.89. The van der Waals surface area contributed by atoms with E-state index >= 15 is 0 Å². The molecule has 0 spiro atoms. The molecule has 0 saturated heterocycles. The van der Waals surface area contributed by atoms with Crippen LogP contribution in [0.5, 0.6) is 5.06 Å². The first kappa shape index (κ1) is 19.0. The molecule has 2 heterocycles. The predicted molar refractivity (Wildman–Crippen MR) is 98.7 cm³/mol. The van der Waals surface area contributed by atoms with Crippen LogP contribution in [0.3, 0.4) is 0 Å². The fraction of sp³-hybridized carbons (Fsp3) is 0.222. The van der Waals surface area contributed by atoms with E-state index in [1.54, 1.807) is 12.1 Å². The van der Waals surface area contributed by atoms with Crippen molar-refractivity contribution in [3.05, 3.63) is 41.5 Å². The van der Waals surface area contributed by atoms with Gasteiger partial charge in [-0.25, -0.2) is 9.78 Å². The van der Waals surface area contributed by atoms with Crippen molar-refractivity contribution in [3.63, 3.8) is 0 Å². The molecule has 4 N–H and O–H groups in total. The summed E-state index contributed by atoms with van der Waals surface area (Å²) in [7, 11) is 0. The summed E-state index contributed by atoms with van der Waals surface area (Å²) in [5.41, 5.74) is 11.3. The molecule has 27 heavy (non-hydrogen) atoms. The zero-order chi connectivity index (χ0) is 19.8. The molecule has 5 nitrogen and oxygen atoms in total. The normalized spacial score (nSPS) is 11.7. The molecule has 0 atom stereocenters. The summed E-state index contributed by atoms with van der Waals surface area (Å²) in [5.74, 6) is 0. The molecule has 2 aromatic heterocycles. The second kappa shape index (κ2) is 7.07. The number of primary amides is 1. The Bertz CT molecular complexity index is 998. The van der Waals surface area contributed by atoms with E-state index in [4.69, 9.17) is 16.2 Å². The Labute approximate surface area is 156 Å². The molecule has 142 valence electrons. The topological polar surface area (TPSA) is 91.2 Å². The van der Waals surface area contributed by atoms with Crippen LogP contribution in [0, 0.1) is 0 Å². The Kier molecular flexibility index (Phi) is 4.97. The average molecular weight is 395 g/mol. The zero-order valence-electron chi connectivity index (χ0n) is 14.3. The number of hydrogen-bond donors (Lipinski definition) is 2. The number of hydrogen-bond acceptors (Lipinski definition) is 5. The van der Waals surface area contributed by atoms with E-state index in [1.165, 1.54) is 0 Å². The molecule has 0 aliphatic rings. The summed E-state index contributed by atoms with van der Waals surface area (Å²) >= 11 is 0.743. The first-order chi connectivity index (χ1) is 12.7. The smallest absolute Gasteiger partial charge is 0.397 e. The van der Waals surface area contributed by atoms with Crippen molar-refractivity contribution < 1.29 is 22.7 Å². The second-order valence-electron chi connectivity index (χ2n) is 5.90. The Balaban J connectivity index is 2.19. The maximum Gasteiger partial charge on any atom is 0.417 e. The van der Waals surface area contributed by atoms with Crippen LogP contribution in [0.2, 0.25) is 0 Å². The molecule has 0 bridgehead atoms. The maximum absolute atomic E-state index is 13.6. The van der Waals surface area contributed by atoms with Crippen molar-refractivity contribution in [2.45, 2.75) is 25.9 Å². The lowest BCUT2D eigenvalue weighted by atomic mass is 10.0. The van der Waals surface area contributed by atoms with Gasteiger partial charge in [0.1, 0.15) is 4.83 Å². The summed E-state index contributed by atoms with van der Waals surface area (Å²) in [6.45, 7) is 2.05. The quantitative estimate of drug-likeness (QED) is 0.652.